The number of hydrogen-bond donors (Lipinski definition) is 2. The third-order valence-electron chi connectivity index (χ3n) is 5.64. The molecule has 27 heavy (non-hydrogen) atoms. The number of pyridine rings is 1. The van der Waals surface area contributed by atoms with E-state index < -0.39 is 6.09 Å². The summed E-state index contributed by atoms with van der Waals surface area (Å²) in [6.45, 7) is 2.55. The van der Waals surface area contributed by atoms with E-state index in [4.69, 9.17) is 4.74 Å². The van der Waals surface area contributed by atoms with Crippen molar-refractivity contribution < 1.29 is 13.9 Å². The van der Waals surface area contributed by atoms with Crippen molar-refractivity contribution in [2.45, 2.75) is 18.4 Å². The molecule has 1 aromatic heterocycles. The molecule has 2 fully saturated rings. The molecule has 0 spiro atoms. The fourth-order valence-electron chi connectivity index (χ4n) is 4.28. The second kappa shape index (κ2) is 8.23. The zero-order valence-electron chi connectivity index (χ0n) is 14.9. The SMILES string of the molecule is Cl.O=C(NCC1(c2ccc(F)cn2)C2CCNCC21)OCc1ccccc1. The molecule has 1 amide bonds. The standard InChI is InChI=1S/C20H22FN3O2.ClH/c21-15-6-7-18(23-10-15)20(16-8-9-22-11-17(16)20)13-24-19(25)26-12-14-4-2-1-3-5-14;/h1-7,10,16-17,22H,8-9,11-13H2,(H,24,25);1H. The highest BCUT2D eigenvalue weighted by atomic mass is 35.5. The van der Waals surface area contributed by atoms with Crippen molar-refractivity contribution in [2.75, 3.05) is 19.6 Å². The molecule has 3 unspecified atom stereocenters. The average molecular weight is 392 g/mol. The van der Waals surface area contributed by atoms with Crippen LogP contribution in [0.5, 0.6) is 0 Å². The summed E-state index contributed by atoms with van der Waals surface area (Å²) in [5, 5.41) is 6.30. The van der Waals surface area contributed by atoms with Crippen LogP contribution in [0.25, 0.3) is 0 Å². The van der Waals surface area contributed by atoms with Gasteiger partial charge in [0.1, 0.15) is 12.4 Å². The molecule has 2 N–H and O–H groups in total. The van der Waals surface area contributed by atoms with Gasteiger partial charge in [-0.05, 0) is 49.0 Å². The van der Waals surface area contributed by atoms with Gasteiger partial charge in [0.25, 0.3) is 0 Å². The number of nitrogens with zero attached hydrogens (tertiary/aromatic N) is 1. The van der Waals surface area contributed by atoms with Gasteiger partial charge in [-0.2, -0.15) is 0 Å². The lowest BCUT2D eigenvalue weighted by atomic mass is 9.95. The van der Waals surface area contributed by atoms with Crippen molar-refractivity contribution in [1.29, 1.82) is 0 Å². The topological polar surface area (TPSA) is 63.2 Å². The lowest BCUT2D eigenvalue weighted by Gasteiger charge is -2.18. The van der Waals surface area contributed by atoms with Crippen LogP contribution >= 0.6 is 12.4 Å². The third-order valence-corrected chi connectivity index (χ3v) is 5.64. The predicted octanol–water partition coefficient (Wildman–Crippen LogP) is 3.05. The third kappa shape index (κ3) is 3.92. The Morgan fingerprint density at radius 3 is 2.74 bits per heavy atom. The maximum atomic E-state index is 13.3. The number of hydrogen-bond acceptors (Lipinski definition) is 4. The summed E-state index contributed by atoms with van der Waals surface area (Å²) in [5.74, 6) is 0.514. The van der Waals surface area contributed by atoms with Gasteiger partial charge in [0.15, 0.2) is 0 Å². The zero-order chi connectivity index (χ0) is 18.0. The number of benzene rings is 1. The van der Waals surface area contributed by atoms with E-state index in [9.17, 15) is 9.18 Å². The van der Waals surface area contributed by atoms with E-state index in [-0.39, 0.29) is 30.2 Å². The van der Waals surface area contributed by atoms with Crippen LogP contribution < -0.4 is 10.6 Å². The Bertz CT molecular complexity index is 761. The summed E-state index contributed by atoms with van der Waals surface area (Å²) in [6, 6.07) is 12.8. The van der Waals surface area contributed by atoms with E-state index in [1.807, 2.05) is 30.3 Å². The van der Waals surface area contributed by atoms with Gasteiger partial charge in [0.05, 0.1) is 6.20 Å². The number of fused-ring (bicyclic) bond motifs is 1. The molecule has 2 aromatic rings. The van der Waals surface area contributed by atoms with Crippen LogP contribution in [0, 0.1) is 17.7 Å². The fraction of sp³-hybridized carbons (Fsp3) is 0.400. The van der Waals surface area contributed by atoms with Crippen LogP contribution in [0.2, 0.25) is 0 Å². The number of aromatic nitrogens is 1. The number of nitrogens with one attached hydrogen (secondary N) is 2. The molecular weight excluding hydrogens is 369 g/mol. The van der Waals surface area contributed by atoms with Gasteiger partial charge in [0.2, 0.25) is 0 Å². The first-order chi connectivity index (χ1) is 12.7. The Morgan fingerprint density at radius 2 is 2.07 bits per heavy atom. The molecule has 1 aliphatic carbocycles. The van der Waals surface area contributed by atoms with E-state index in [0.717, 1.165) is 30.8 Å². The lowest BCUT2D eigenvalue weighted by Crippen LogP contribution is -2.35. The molecule has 0 bridgehead atoms. The molecule has 1 saturated heterocycles. The fourth-order valence-corrected chi connectivity index (χ4v) is 4.28. The summed E-state index contributed by atoms with van der Waals surface area (Å²) < 4.78 is 18.6. The summed E-state index contributed by atoms with van der Waals surface area (Å²) in [5.41, 5.74) is 1.56. The first kappa shape index (κ1) is 19.6. The highest BCUT2D eigenvalue weighted by Crippen LogP contribution is 2.61. The smallest absolute Gasteiger partial charge is 0.407 e. The van der Waals surface area contributed by atoms with Crippen molar-refractivity contribution in [3.63, 3.8) is 0 Å². The molecule has 0 radical (unpaired) electrons. The number of amides is 1. The Hall–Kier alpha value is -2.18. The molecule has 5 nitrogen and oxygen atoms in total. The van der Waals surface area contributed by atoms with Gasteiger partial charge >= 0.3 is 6.09 Å². The molecule has 1 saturated carbocycles. The monoisotopic (exact) mass is 391 g/mol. The first-order valence-corrected chi connectivity index (χ1v) is 8.97. The van der Waals surface area contributed by atoms with Crippen LogP contribution in [-0.4, -0.2) is 30.7 Å². The van der Waals surface area contributed by atoms with E-state index in [1.54, 1.807) is 6.07 Å². The largest absolute Gasteiger partial charge is 0.445 e. The van der Waals surface area contributed by atoms with Crippen LogP contribution in [0.1, 0.15) is 17.7 Å². The van der Waals surface area contributed by atoms with Gasteiger partial charge in [-0.25, -0.2) is 9.18 Å². The maximum absolute atomic E-state index is 13.3. The minimum atomic E-state index is -0.438. The minimum absolute atomic E-state index is 0. The van der Waals surface area contributed by atoms with E-state index in [0.29, 0.717) is 18.4 Å². The van der Waals surface area contributed by atoms with E-state index in [2.05, 4.69) is 15.6 Å². The van der Waals surface area contributed by atoms with Crippen molar-refractivity contribution in [2.24, 2.45) is 11.8 Å². The van der Waals surface area contributed by atoms with Crippen molar-refractivity contribution in [3.05, 3.63) is 65.7 Å². The molecule has 2 aliphatic rings. The highest BCUT2D eigenvalue weighted by Gasteiger charge is 2.66. The number of piperidine rings is 1. The Kier molecular flexibility index (Phi) is 5.97. The number of carbonyl (C=O) groups is 1. The zero-order valence-corrected chi connectivity index (χ0v) is 15.7. The average Bonchev–Trinajstić information content (AvgIpc) is 3.35. The Labute approximate surface area is 164 Å². The molecule has 7 heteroatoms. The molecule has 2 heterocycles. The van der Waals surface area contributed by atoms with E-state index in [1.165, 1.54) is 12.3 Å². The predicted molar refractivity (Wildman–Crippen MR) is 102 cm³/mol. The normalized spacial score (nSPS) is 25.7. The molecule has 144 valence electrons. The van der Waals surface area contributed by atoms with Gasteiger partial charge < -0.3 is 15.4 Å². The summed E-state index contributed by atoms with van der Waals surface area (Å²) in [6.07, 6.45) is 1.85. The highest BCUT2D eigenvalue weighted by molar-refractivity contribution is 5.85. The lowest BCUT2D eigenvalue weighted by molar-refractivity contribution is 0.138. The molecular formula is C20H23ClFN3O2. The molecule has 3 atom stereocenters. The summed E-state index contributed by atoms with van der Waals surface area (Å²) in [4.78, 5) is 16.5. The van der Waals surface area contributed by atoms with E-state index >= 15 is 0 Å². The second-order valence-electron chi connectivity index (χ2n) is 7.02. The van der Waals surface area contributed by atoms with Crippen LogP contribution in [-0.2, 0) is 16.8 Å². The van der Waals surface area contributed by atoms with Crippen LogP contribution in [0.4, 0.5) is 9.18 Å². The summed E-state index contributed by atoms with van der Waals surface area (Å²) in [7, 11) is 0. The van der Waals surface area contributed by atoms with Crippen molar-refractivity contribution >= 4 is 18.5 Å². The van der Waals surface area contributed by atoms with Crippen LogP contribution in [0.3, 0.4) is 0 Å². The first-order valence-electron chi connectivity index (χ1n) is 8.97. The number of rotatable bonds is 5. The number of ether oxygens (including phenoxy) is 1. The van der Waals surface area contributed by atoms with Gasteiger partial charge in [-0.15, -0.1) is 12.4 Å². The van der Waals surface area contributed by atoms with Gasteiger partial charge in [-0.1, -0.05) is 30.3 Å². The Morgan fingerprint density at radius 1 is 1.26 bits per heavy atom. The van der Waals surface area contributed by atoms with Crippen molar-refractivity contribution in [1.82, 2.24) is 15.6 Å². The van der Waals surface area contributed by atoms with Crippen LogP contribution in [0.15, 0.2) is 48.7 Å². The maximum Gasteiger partial charge on any atom is 0.407 e. The summed E-state index contributed by atoms with van der Waals surface area (Å²) >= 11 is 0. The number of halogens is 2. The minimum Gasteiger partial charge on any atom is -0.445 e. The van der Waals surface area contributed by atoms with Crippen molar-refractivity contribution in [3.8, 4) is 0 Å². The number of alkyl carbamates (subject to hydrolysis) is 1. The molecule has 4 rings (SSSR count). The Balaban J connectivity index is 0.00000210. The molecule has 1 aliphatic heterocycles. The number of carbonyl (C=O) groups excluding carboxylic acids is 1. The van der Waals surface area contributed by atoms with Gasteiger partial charge in [-0.3, -0.25) is 4.98 Å². The van der Waals surface area contributed by atoms with Gasteiger partial charge in [0, 0.05) is 17.7 Å². The second-order valence-corrected chi connectivity index (χ2v) is 7.02. The molecule has 1 aromatic carbocycles. The quantitative estimate of drug-likeness (QED) is 0.822.